The minimum absolute atomic E-state index is 0.101. The van der Waals surface area contributed by atoms with Crippen LogP contribution in [0, 0.1) is 35.5 Å². The van der Waals surface area contributed by atoms with Crippen LogP contribution in [-0.4, -0.2) is 48.2 Å². The standard InChI is InChI=1S/C23H23NO6/c1-11(23(28)30-10-18(25)12-4-3-5-13(8-12)29-2)24-21(26)19-14-6-7-15(17-9-16(14)17)20(19)22(24)27/h3-8,11,14-17,19-20H,9-10H2,1-2H3/t11-,14-,15-,16-,17-,19-,20+/m0/s1. The molecule has 0 N–H and O–H groups in total. The number of methoxy groups -OCH3 is 1. The van der Waals surface area contributed by atoms with Crippen LogP contribution in [0.5, 0.6) is 5.75 Å². The summed E-state index contributed by atoms with van der Waals surface area (Å²) in [6.07, 6.45) is 5.26. The van der Waals surface area contributed by atoms with E-state index in [1.54, 1.807) is 24.3 Å². The monoisotopic (exact) mass is 409 g/mol. The number of ketones is 1. The van der Waals surface area contributed by atoms with Crippen molar-refractivity contribution in [3.63, 3.8) is 0 Å². The van der Waals surface area contributed by atoms with Gasteiger partial charge in [-0.25, -0.2) is 4.79 Å². The second-order valence-electron chi connectivity index (χ2n) is 8.64. The summed E-state index contributed by atoms with van der Waals surface area (Å²) >= 11 is 0. The molecule has 1 aromatic rings. The van der Waals surface area contributed by atoms with Crippen molar-refractivity contribution in [3.8, 4) is 5.75 Å². The fourth-order valence-corrected chi connectivity index (χ4v) is 5.60. The van der Waals surface area contributed by atoms with Crippen molar-refractivity contribution in [3.05, 3.63) is 42.0 Å². The lowest BCUT2D eigenvalue weighted by Gasteiger charge is -2.37. The van der Waals surface area contributed by atoms with Gasteiger partial charge in [-0.15, -0.1) is 0 Å². The van der Waals surface area contributed by atoms with E-state index >= 15 is 0 Å². The molecule has 0 spiro atoms. The number of esters is 1. The fourth-order valence-electron chi connectivity index (χ4n) is 5.60. The number of hydrogen-bond donors (Lipinski definition) is 0. The molecule has 5 aliphatic rings. The first-order valence-corrected chi connectivity index (χ1v) is 10.3. The highest BCUT2D eigenvalue weighted by Gasteiger charge is 2.67. The quantitative estimate of drug-likeness (QED) is 0.308. The van der Waals surface area contributed by atoms with Gasteiger partial charge in [-0.2, -0.15) is 0 Å². The van der Waals surface area contributed by atoms with Crippen LogP contribution >= 0.6 is 0 Å². The summed E-state index contributed by atoms with van der Waals surface area (Å²) in [6, 6.07) is 5.50. The largest absolute Gasteiger partial charge is 0.497 e. The molecule has 4 aliphatic carbocycles. The van der Waals surface area contributed by atoms with Crippen LogP contribution in [0.15, 0.2) is 36.4 Å². The average Bonchev–Trinajstić information content (AvgIpc) is 3.54. The first-order valence-electron chi connectivity index (χ1n) is 10.3. The van der Waals surface area contributed by atoms with Crippen molar-refractivity contribution in [2.45, 2.75) is 19.4 Å². The highest BCUT2D eigenvalue weighted by molar-refractivity contribution is 6.09. The number of carbonyl (C=O) groups excluding carboxylic acids is 4. The van der Waals surface area contributed by atoms with Gasteiger partial charge in [0.25, 0.3) is 0 Å². The number of amides is 2. The molecule has 7 heteroatoms. The molecule has 7 atom stereocenters. The van der Waals surface area contributed by atoms with Crippen LogP contribution in [0.2, 0.25) is 0 Å². The van der Waals surface area contributed by atoms with Gasteiger partial charge in [0.2, 0.25) is 11.8 Å². The van der Waals surface area contributed by atoms with Gasteiger partial charge in [0, 0.05) is 5.56 Å². The molecule has 0 radical (unpaired) electrons. The number of allylic oxidation sites excluding steroid dienone is 2. The molecule has 1 aromatic carbocycles. The average molecular weight is 409 g/mol. The van der Waals surface area contributed by atoms with Crippen molar-refractivity contribution in [2.75, 3.05) is 13.7 Å². The molecule has 2 bridgehead atoms. The lowest BCUT2D eigenvalue weighted by molar-refractivity contribution is -0.157. The van der Waals surface area contributed by atoms with Crippen molar-refractivity contribution in [1.82, 2.24) is 4.90 Å². The Morgan fingerprint density at radius 1 is 1.10 bits per heavy atom. The van der Waals surface area contributed by atoms with E-state index in [0.717, 1.165) is 11.3 Å². The van der Waals surface area contributed by atoms with E-state index in [1.165, 1.54) is 14.0 Å². The summed E-state index contributed by atoms with van der Waals surface area (Å²) in [6.45, 7) is 1.03. The van der Waals surface area contributed by atoms with E-state index in [4.69, 9.17) is 9.47 Å². The van der Waals surface area contributed by atoms with Gasteiger partial charge >= 0.3 is 5.97 Å². The van der Waals surface area contributed by atoms with E-state index in [9.17, 15) is 19.2 Å². The summed E-state index contributed by atoms with van der Waals surface area (Å²) in [7, 11) is 1.50. The molecule has 156 valence electrons. The third-order valence-corrected chi connectivity index (χ3v) is 7.16. The predicted octanol–water partition coefficient (Wildman–Crippen LogP) is 1.86. The maximum atomic E-state index is 13.1. The van der Waals surface area contributed by atoms with Crippen molar-refractivity contribution < 1.29 is 28.7 Å². The Morgan fingerprint density at radius 2 is 1.73 bits per heavy atom. The second kappa shape index (κ2) is 6.79. The Bertz CT molecular complexity index is 948. The molecular weight excluding hydrogens is 386 g/mol. The molecule has 7 nitrogen and oxygen atoms in total. The van der Waals surface area contributed by atoms with E-state index < -0.39 is 18.6 Å². The Balaban J connectivity index is 1.25. The Hall–Kier alpha value is -2.96. The number of imide groups is 1. The van der Waals surface area contributed by atoms with Gasteiger partial charge < -0.3 is 9.47 Å². The lowest BCUT2D eigenvalue weighted by atomic mass is 9.63. The van der Waals surface area contributed by atoms with Crippen LogP contribution in [-0.2, 0) is 19.1 Å². The molecule has 0 unspecified atom stereocenters. The molecule has 1 heterocycles. The zero-order valence-electron chi connectivity index (χ0n) is 16.8. The molecule has 30 heavy (non-hydrogen) atoms. The zero-order chi connectivity index (χ0) is 21.2. The number of ether oxygens (including phenoxy) is 2. The van der Waals surface area contributed by atoms with Gasteiger partial charge in [0.1, 0.15) is 11.8 Å². The number of rotatable bonds is 6. The molecule has 1 aliphatic heterocycles. The van der Waals surface area contributed by atoms with Crippen LogP contribution < -0.4 is 4.74 Å². The lowest BCUT2D eigenvalue weighted by Crippen LogP contribution is -2.45. The maximum absolute atomic E-state index is 13.1. The van der Waals surface area contributed by atoms with Crippen LogP contribution in [0.1, 0.15) is 23.7 Å². The van der Waals surface area contributed by atoms with E-state index in [2.05, 4.69) is 12.2 Å². The van der Waals surface area contributed by atoms with Crippen molar-refractivity contribution in [1.29, 1.82) is 0 Å². The topological polar surface area (TPSA) is 90.0 Å². The summed E-state index contributed by atoms with van der Waals surface area (Å²) in [5.41, 5.74) is 0.357. The summed E-state index contributed by atoms with van der Waals surface area (Å²) in [5, 5.41) is 0. The first kappa shape index (κ1) is 19.0. The van der Waals surface area contributed by atoms with Gasteiger partial charge in [0.05, 0.1) is 18.9 Å². The minimum Gasteiger partial charge on any atom is -0.497 e. The zero-order valence-corrected chi connectivity index (χ0v) is 16.8. The normalized spacial score (nSPS) is 33.7. The number of likely N-dealkylation sites (tertiary alicyclic amines) is 1. The molecule has 6 rings (SSSR count). The van der Waals surface area contributed by atoms with E-state index in [1.807, 2.05) is 0 Å². The number of benzene rings is 1. The predicted molar refractivity (Wildman–Crippen MR) is 104 cm³/mol. The van der Waals surface area contributed by atoms with Gasteiger partial charge in [-0.3, -0.25) is 19.3 Å². The molecule has 3 fully saturated rings. The maximum Gasteiger partial charge on any atom is 0.329 e. The molecule has 2 amide bonds. The van der Waals surface area contributed by atoms with E-state index in [0.29, 0.717) is 23.1 Å². The first-order chi connectivity index (χ1) is 14.4. The van der Waals surface area contributed by atoms with Gasteiger partial charge in [0.15, 0.2) is 12.4 Å². The summed E-state index contributed by atoms with van der Waals surface area (Å²) < 4.78 is 10.3. The Kier molecular flexibility index (Phi) is 4.31. The fraction of sp³-hybridized carbons (Fsp3) is 0.478. The van der Waals surface area contributed by atoms with Crippen molar-refractivity contribution >= 4 is 23.6 Å². The highest BCUT2D eigenvalue weighted by atomic mass is 16.5. The Morgan fingerprint density at radius 3 is 2.33 bits per heavy atom. The molecular formula is C23H23NO6. The third-order valence-electron chi connectivity index (χ3n) is 7.16. The number of nitrogens with zero attached hydrogens (tertiary/aromatic N) is 1. The SMILES string of the molecule is COc1cccc(C(=O)COC(=O)[C@H](C)N2C(=O)[C@@H]3[C@H]4C=C[C@@H]([C@@H]5C[C@@H]45)[C@@H]3C2=O)c1. The minimum atomic E-state index is -1.05. The van der Waals surface area contributed by atoms with Gasteiger partial charge in [-0.1, -0.05) is 24.3 Å². The van der Waals surface area contributed by atoms with Gasteiger partial charge in [-0.05, 0) is 49.1 Å². The van der Waals surface area contributed by atoms with Crippen LogP contribution in [0.25, 0.3) is 0 Å². The summed E-state index contributed by atoms with van der Waals surface area (Å²) in [5.74, 6) is -0.680. The molecule has 2 saturated carbocycles. The third kappa shape index (κ3) is 2.71. The highest BCUT2D eigenvalue weighted by Crippen LogP contribution is 2.65. The van der Waals surface area contributed by atoms with Crippen LogP contribution in [0.4, 0.5) is 0 Å². The number of hydrogen-bond acceptors (Lipinski definition) is 6. The van der Waals surface area contributed by atoms with E-state index in [-0.39, 0.29) is 41.3 Å². The number of Topliss-reactive ketones (excluding diaryl/α,β-unsaturated/α-hetero) is 1. The second-order valence-corrected chi connectivity index (χ2v) is 8.64. The van der Waals surface area contributed by atoms with Crippen LogP contribution in [0.3, 0.4) is 0 Å². The molecule has 0 aromatic heterocycles. The van der Waals surface area contributed by atoms with Crippen molar-refractivity contribution in [2.24, 2.45) is 35.5 Å². The summed E-state index contributed by atoms with van der Waals surface area (Å²) in [4.78, 5) is 52.1. The number of carbonyl (C=O) groups is 4. The smallest absolute Gasteiger partial charge is 0.329 e. The Labute approximate surface area is 174 Å². The molecule has 1 saturated heterocycles.